The highest BCUT2D eigenvalue weighted by molar-refractivity contribution is 6.06. The second kappa shape index (κ2) is 8.74. The third-order valence-electron chi connectivity index (χ3n) is 4.14. The third kappa shape index (κ3) is 4.42. The first kappa shape index (κ1) is 20.2. The van der Waals surface area contributed by atoms with Crippen molar-refractivity contribution in [3.63, 3.8) is 0 Å². The van der Waals surface area contributed by atoms with E-state index in [1.165, 1.54) is 24.5 Å². The third-order valence-corrected chi connectivity index (χ3v) is 4.14. The zero-order chi connectivity index (χ0) is 21.8. The maximum absolute atomic E-state index is 14.3. The average molecular weight is 429 g/mol. The predicted molar refractivity (Wildman–Crippen MR) is 103 cm³/mol. The smallest absolute Gasteiger partial charge is 0.283 e. The monoisotopic (exact) mass is 429 g/mol. The van der Waals surface area contributed by atoms with Gasteiger partial charge in [0.2, 0.25) is 5.89 Å². The van der Waals surface area contributed by atoms with E-state index < -0.39 is 24.2 Å². The molecule has 0 bridgehead atoms. The Morgan fingerprint density at radius 1 is 1.06 bits per heavy atom. The van der Waals surface area contributed by atoms with Crippen LogP contribution in [-0.4, -0.2) is 29.4 Å². The summed E-state index contributed by atoms with van der Waals surface area (Å²) in [7, 11) is 0. The van der Waals surface area contributed by atoms with Gasteiger partial charge < -0.3 is 18.9 Å². The standard InChI is InChI=1S/C21H14F3N3O4/c22-7-9-30-17-6-4-13(23)11-14(17)19(28)25-16-10-12(3-5-15(16)24)20-26-27-21(31-20)18-2-1-8-29-18/h1-6,8,10-11H,7,9H2,(H,25,28). The largest absolute Gasteiger partial charge is 0.490 e. The van der Waals surface area contributed by atoms with E-state index in [1.807, 2.05) is 0 Å². The molecule has 0 saturated carbocycles. The second-order valence-corrected chi connectivity index (χ2v) is 6.22. The highest BCUT2D eigenvalue weighted by Crippen LogP contribution is 2.28. The number of halogens is 3. The summed E-state index contributed by atoms with van der Waals surface area (Å²) in [6, 6.07) is 10.2. The van der Waals surface area contributed by atoms with E-state index in [0.29, 0.717) is 11.3 Å². The summed E-state index contributed by atoms with van der Waals surface area (Å²) in [5, 5.41) is 10.1. The highest BCUT2D eigenvalue weighted by Gasteiger charge is 2.18. The van der Waals surface area contributed by atoms with Crippen molar-refractivity contribution in [3.8, 4) is 28.9 Å². The van der Waals surface area contributed by atoms with Gasteiger partial charge in [-0.25, -0.2) is 13.2 Å². The van der Waals surface area contributed by atoms with E-state index in [0.717, 1.165) is 18.2 Å². The number of ether oxygens (including phenoxy) is 1. The van der Waals surface area contributed by atoms with Crippen LogP contribution >= 0.6 is 0 Å². The van der Waals surface area contributed by atoms with E-state index in [9.17, 15) is 18.0 Å². The average Bonchev–Trinajstić information content (AvgIpc) is 3.46. The lowest BCUT2D eigenvalue weighted by Crippen LogP contribution is -2.15. The van der Waals surface area contributed by atoms with Crippen molar-refractivity contribution < 1.29 is 31.5 Å². The number of furan rings is 1. The Balaban J connectivity index is 1.60. The van der Waals surface area contributed by atoms with Crippen LogP contribution < -0.4 is 10.1 Å². The summed E-state index contributed by atoms with van der Waals surface area (Å²) >= 11 is 0. The maximum Gasteiger partial charge on any atom is 0.283 e. The van der Waals surface area contributed by atoms with Crippen LogP contribution in [0.15, 0.2) is 63.6 Å². The molecule has 0 unspecified atom stereocenters. The number of anilines is 1. The predicted octanol–water partition coefficient (Wildman–Crippen LogP) is 4.88. The van der Waals surface area contributed by atoms with Gasteiger partial charge in [0.05, 0.1) is 17.5 Å². The van der Waals surface area contributed by atoms with Crippen LogP contribution in [0.4, 0.5) is 18.9 Å². The van der Waals surface area contributed by atoms with Gasteiger partial charge in [-0.15, -0.1) is 10.2 Å². The number of nitrogens with zero attached hydrogens (tertiary/aromatic N) is 2. The van der Waals surface area contributed by atoms with Gasteiger partial charge in [0.25, 0.3) is 11.8 Å². The number of aromatic nitrogens is 2. The minimum atomic E-state index is -0.841. The topological polar surface area (TPSA) is 90.4 Å². The normalized spacial score (nSPS) is 10.8. The van der Waals surface area contributed by atoms with Crippen LogP contribution in [0.5, 0.6) is 5.75 Å². The lowest BCUT2D eigenvalue weighted by molar-refractivity contribution is 0.102. The van der Waals surface area contributed by atoms with Gasteiger partial charge in [-0.1, -0.05) is 0 Å². The minimum Gasteiger partial charge on any atom is -0.490 e. The summed E-state index contributed by atoms with van der Waals surface area (Å²) in [5.41, 5.74) is -0.0905. The summed E-state index contributed by atoms with van der Waals surface area (Å²) < 4.78 is 56.2. The molecule has 158 valence electrons. The van der Waals surface area contributed by atoms with Crippen molar-refractivity contribution in [2.75, 3.05) is 18.6 Å². The molecule has 2 aromatic heterocycles. The molecule has 2 heterocycles. The Labute approximate surface area is 173 Å². The van der Waals surface area contributed by atoms with Crippen molar-refractivity contribution in [2.24, 2.45) is 0 Å². The van der Waals surface area contributed by atoms with Gasteiger partial charge in [-0.2, -0.15) is 0 Å². The fourth-order valence-corrected chi connectivity index (χ4v) is 2.74. The summed E-state index contributed by atoms with van der Waals surface area (Å²) in [4.78, 5) is 12.6. The number of nitrogens with one attached hydrogen (secondary N) is 1. The second-order valence-electron chi connectivity index (χ2n) is 6.22. The molecule has 0 atom stereocenters. The molecule has 0 saturated heterocycles. The molecule has 0 aliphatic rings. The Hall–Kier alpha value is -4.08. The fraction of sp³-hybridized carbons (Fsp3) is 0.0952. The lowest BCUT2D eigenvalue weighted by Gasteiger charge is -2.12. The van der Waals surface area contributed by atoms with E-state index >= 15 is 0 Å². The first-order valence-corrected chi connectivity index (χ1v) is 9.02. The van der Waals surface area contributed by atoms with Crippen LogP contribution in [0.25, 0.3) is 23.1 Å². The molecule has 31 heavy (non-hydrogen) atoms. The molecule has 0 radical (unpaired) electrons. The Morgan fingerprint density at radius 2 is 1.90 bits per heavy atom. The number of carbonyl (C=O) groups excluding carboxylic acids is 1. The van der Waals surface area contributed by atoms with Crippen LogP contribution in [0.1, 0.15) is 10.4 Å². The number of hydrogen-bond acceptors (Lipinski definition) is 6. The lowest BCUT2D eigenvalue weighted by atomic mass is 10.1. The Kier molecular flexibility index (Phi) is 5.69. The van der Waals surface area contributed by atoms with Gasteiger partial charge in [0.15, 0.2) is 5.76 Å². The minimum absolute atomic E-state index is 0.0342. The summed E-state index contributed by atoms with van der Waals surface area (Å²) in [6.45, 7) is -1.11. The Bertz CT molecular complexity index is 1210. The first-order chi connectivity index (χ1) is 15.0. The van der Waals surface area contributed by atoms with Crippen molar-refractivity contribution in [1.82, 2.24) is 10.2 Å². The SMILES string of the molecule is O=C(Nc1cc(-c2nnc(-c3ccco3)o2)ccc1F)c1cc(F)ccc1OCCF. The number of alkyl halides is 1. The molecule has 1 N–H and O–H groups in total. The van der Waals surface area contributed by atoms with Crippen LogP contribution in [0.3, 0.4) is 0 Å². The molecule has 4 rings (SSSR count). The number of carbonyl (C=O) groups is 1. The zero-order valence-corrected chi connectivity index (χ0v) is 15.8. The molecule has 7 nitrogen and oxygen atoms in total. The van der Waals surface area contributed by atoms with E-state index in [1.54, 1.807) is 12.1 Å². The number of amides is 1. The molecule has 0 aliphatic carbocycles. The highest BCUT2D eigenvalue weighted by atomic mass is 19.1. The van der Waals surface area contributed by atoms with Gasteiger partial charge in [0, 0.05) is 5.56 Å². The van der Waals surface area contributed by atoms with E-state index in [-0.39, 0.29) is 35.4 Å². The first-order valence-electron chi connectivity index (χ1n) is 9.02. The fourth-order valence-electron chi connectivity index (χ4n) is 2.74. The van der Waals surface area contributed by atoms with E-state index in [2.05, 4.69) is 15.5 Å². The number of rotatable bonds is 7. The zero-order valence-electron chi connectivity index (χ0n) is 15.8. The van der Waals surface area contributed by atoms with Gasteiger partial charge in [-0.05, 0) is 48.5 Å². The molecule has 4 aromatic rings. The van der Waals surface area contributed by atoms with Gasteiger partial charge >= 0.3 is 0 Å². The van der Waals surface area contributed by atoms with Crippen molar-refractivity contribution >= 4 is 11.6 Å². The number of benzene rings is 2. The molecular weight excluding hydrogens is 415 g/mol. The molecule has 0 spiro atoms. The molecule has 1 amide bonds. The van der Waals surface area contributed by atoms with Gasteiger partial charge in [0.1, 0.15) is 30.7 Å². The van der Waals surface area contributed by atoms with Crippen molar-refractivity contribution in [1.29, 1.82) is 0 Å². The van der Waals surface area contributed by atoms with Crippen molar-refractivity contribution in [3.05, 3.63) is 72.0 Å². The molecule has 2 aromatic carbocycles. The van der Waals surface area contributed by atoms with Crippen LogP contribution in [0.2, 0.25) is 0 Å². The number of hydrogen-bond donors (Lipinski definition) is 1. The van der Waals surface area contributed by atoms with Crippen LogP contribution in [-0.2, 0) is 0 Å². The quantitative estimate of drug-likeness (QED) is 0.451. The van der Waals surface area contributed by atoms with Crippen molar-refractivity contribution in [2.45, 2.75) is 0 Å². The summed E-state index contributed by atoms with van der Waals surface area (Å²) in [5.74, 6) is -1.77. The molecule has 0 fully saturated rings. The molecule has 0 aliphatic heterocycles. The Morgan fingerprint density at radius 3 is 2.68 bits per heavy atom. The van der Waals surface area contributed by atoms with Crippen LogP contribution in [0, 0.1) is 11.6 Å². The summed E-state index contributed by atoms with van der Waals surface area (Å²) in [6.07, 6.45) is 1.45. The molecule has 10 heteroatoms. The van der Waals surface area contributed by atoms with E-state index in [4.69, 9.17) is 13.6 Å². The maximum atomic E-state index is 14.3. The molecular formula is C21H14F3N3O4. The van der Waals surface area contributed by atoms with Gasteiger partial charge in [-0.3, -0.25) is 4.79 Å².